The normalized spacial score (nSPS) is 13.4. The highest BCUT2D eigenvalue weighted by Crippen LogP contribution is 2.11. The Morgan fingerprint density at radius 2 is 2.13 bits per heavy atom. The number of aryl methyl sites for hydroxylation is 1. The molecule has 0 aliphatic carbocycles. The van der Waals surface area contributed by atoms with E-state index in [0.29, 0.717) is 37.4 Å². The molecule has 2 aromatic rings. The summed E-state index contributed by atoms with van der Waals surface area (Å²) in [6.07, 6.45) is 1.17. The molecule has 1 aromatic heterocycles. The van der Waals surface area contributed by atoms with Crippen molar-refractivity contribution in [2.75, 3.05) is 6.61 Å². The first kappa shape index (κ1) is 15.4. The van der Waals surface area contributed by atoms with E-state index in [1.807, 2.05) is 30.3 Å². The van der Waals surface area contributed by atoms with E-state index in [2.05, 4.69) is 9.97 Å². The van der Waals surface area contributed by atoms with Crippen molar-refractivity contribution >= 4 is 5.97 Å². The summed E-state index contributed by atoms with van der Waals surface area (Å²) in [5.41, 5.74) is 2.13. The average Bonchev–Trinajstić information content (AvgIpc) is 2.59. The third kappa shape index (κ3) is 4.04. The van der Waals surface area contributed by atoms with Crippen molar-refractivity contribution in [1.82, 2.24) is 9.97 Å². The van der Waals surface area contributed by atoms with E-state index in [0.717, 1.165) is 11.3 Å². The lowest BCUT2D eigenvalue weighted by Crippen LogP contribution is -2.25. The summed E-state index contributed by atoms with van der Waals surface area (Å²) >= 11 is 0. The second-order valence-corrected chi connectivity index (χ2v) is 5.39. The smallest absolute Gasteiger partial charge is 0.306 e. The van der Waals surface area contributed by atoms with Crippen molar-refractivity contribution in [2.24, 2.45) is 0 Å². The van der Waals surface area contributed by atoms with Gasteiger partial charge in [-0.25, -0.2) is 4.98 Å². The lowest BCUT2D eigenvalue weighted by atomic mass is 10.1. The van der Waals surface area contributed by atoms with Gasteiger partial charge in [0.2, 0.25) is 0 Å². The number of esters is 1. The molecule has 0 spiro atoms. The first-order chi connectivity index (χ1) is 11.2. The Balaban J connectivity index is 1.55. The number of ether oxygens (including phenoxy) is 2. The molecule has 1 aromatic carbocycles. The van der Waals surface area contributed by atoms with E-state index in [4.69, 9.17) is 9.47 Å². The molecule has 1 aliphatic heterocycles. The van der Waals surface area contributed by atoms with Gasteiger partial charge in [0.15, 0.2) is 0 Å². The lowest BCUT2D eigenvalue weighted by molar-refractivity contribution is -0.144. The number of fused-ring (bicyclic) bond motifs is 1. The minimum atomic E-state index is -0.308. The fraction of sp³-hybridized carbons (Fsp3) is 0.353. The Morgan fingerprint density at radius 1 is 1.30 bits per heavy atom. The highest BCUT2D eigenvalue weighted by Gasteiger charge is 2.16. The molecule has 0 saturated heterocycles. The molecule has 2 heterocycles. The molecule has 1 aliphatic rings. The van der Waals surface area contributed by atoms with Gasteiger partial charge < -0.3 is 14.5 Å². The van der Waals surface area contributed by atoms with Crippen LogP contribution in [0, 0.1) is 0 Å². The molecule has 1 N–H and O–H groups in total. The zero-order valence-electron chi connectivity index (χ0n) is 12.7. The SMILES string of the molecule is O=C(CCc1nc2c(c(=O)[nH]1)COCC2)OCc1ccccc1. The van der Waals surface area contributed by atoms with Crippen LogP contribution in [-0.2, 0) is 40.3 Å². The molecular weight excluding hydrogens is 296 g/mol. The Morgan fingerprint density at radius 3 is 2.96 bits per heavy atom. The minimum absolute atomic E-state index is 0.178. The number of H-pyrrole nitrogens is 1. The van der Waals surface area contributed by atoms with Gasteiger partial charge in [-0.15, -0.1) is 0 Å². The maximum absolute atomic E-state index is 11.9. The maximum Gasteiger partial charge on any atom is 0.306 e. The van der Waals surface area contributed by atoms with Crippen LogP contribution < -0.4 is 5.56 Å². The monoisotopic (exact) mass is 314 g/mol. The van der Waals surface area contributed by atoms with E-state index in [1.165, 1.54) is 0 Å². The van der Waals surface area contributed by atoms with Gasteiger partial charge in [0, 0.05) is 12.8 Å². The second-order valence-electron chi connectivity index (χ2n) is 5.39. The van der Waals surface area contributed by atoms with Crippen molar-refractivity contribution in [2.45, 2.75) is 32.5 Å². The fourth-order valence-electron chi connectivity index (χ4n) is 2.44. The average molecular weight is 314 g/mol. The lowest BCUT2D eigenvalue weighted by Gasteiger charge is -2.15. The van der Waals surface area contributed by atoms with Crippen LogP contribution in [-0.4, -0.2) is 22.5 Å². The standard InChI is InChI=1S/C17H18N2O4/c20-16(23-10-12-4-2-1-3-5-12)7-6-15-18-14-8-9-22-11-13(14)17(21)19-15/h1-5H,6-11H2,(H,18,19,21). The molecule has 23 heavy (non-hydrogen) atoms. The van der Waals surface area contributed by atoms with Crippen LogP contribution in [0.5, 0.6) is 0 Å². The fourth-order valence-corrected chi connectivity index (χ4v) is 2.44. The molecule has 3 rings (SSSR count). The number of hydrogen-bond donors (Lipinski definition) is 1. The highest BCUT2D eigenvalue weighted by atomic mass is 16.5. The molecule has 0 unspecified atom stereocenters. The third-order valence-electron chi connectivity index (χ3n) is 3.69. The van der Waals surface area contributed by atoms with E-state index in [1.54, 1.807) is 0 Å². The van der Waals surface area contributed by atoms with Gasteiger partial charge in [0.1, 0.15) is 12.4 Å². The minimum Gasteiger partial charge on any atom is -0.461 e. The molecule has 0 amide bonds. The van der Waals surface area contributed by atoms with Gasteiger partial charge in [-0.05, 0) is 5.56 Å². The van der Waals surface area contributed by atoms with Crippen LogP contribution >= 0.6 is 0 Å². The summed E-state index contributed by atoms with van der Waals surface area (Å²) in [5, 5.41) is 0. The number of carbonyl (C=O) groups excluding carboxylic acids is 1. The zero-order chi connectivity index (χ0) is 16.1. The molecule has 0 saturated carbocycles. The Kier molecular flexibility index (Phi) is 4.83. The number of rotatable bonds is 5. The van der Waals surface area contributed by atoms with E-state index < -0.39 is 0 Å². The summed E-state index contributed by atoms with van der Waals surface area (Å²) in [5.74, 6) is 0.213. The van der Waals surface area contributed by atoms with Crippen molar-refractivity contribution in [3.8, 4) is 0 Å². The van der Waals surface area contributed by atoms with Crippen molar-refractivity contribution in [1.29, 1.82) is 0 Å². The van der Waals surface area contributed by atoms with Crippen LogP contribution in [0.1, 0.15) is 29.1 Å². The number of benzene rings is 1. The number of nitrogens with one attached hydrogen (secondary N) is 1. The van der Waals surface area contributed by atoms with E-state index >= 15 is 0 Å². The van der Waals surface area contributed by atoms with Crippen molar-refractivity contribution in [3.05, 3.63) is 63.3 Å². The number of aromatic amines is 1. The topological polar surface area (TPSA) is 81.3 Å². The van der Waals surface area contributed by atoms with Gasteiger partial charge in [-0.2, -0.15) is 0 Å². The Bertz CT molecular complexity index is 740. The quantitative estimate of drug-likeness (QED) is 0.846. The summed E-state index contributed by atoms with van der Waals surface area (Å²) < 4.78 is 10.5. The first-order valence-corrected chi connectivity index (χ1v) is 7.60. The third-order valence-corrected chi connectivity index (χ3v) is 3.69. The van der Waals surface area contributed by atoms with Crippen molar-refractivity contribution < 1.29 is 14.3 Å². The molecule has 0 bridgehead atoms. The second kappa shape index (κ2) is 7.19. The van der Waals surface area contributed by atoms with Crippen LogP contribution in [0.2, 0.25) is 0 Å². The Hall–Kier alpha value is -2.47. The summed E-state index contributed by atoms with van der Waals surface area (Å²) in [4.78, 5) is 30.9. The molecule has 6 heteroatoms. The van der Waals surface area contributed by atoms with Crippen LogP contribution in [0.4, 0.5) is 0 Å². The van der Waals surface area contributed by atoms with Crippen LogP contribution in [0.25, 0.3) is 0 Å². The maximum atomic E-state index is 11.9. The number of hydrogen-bond acceptors (Lipinski definition) is 5. The van der Waals surface area contributed by atoms with Crippen molar-refractivity contribution in [3.63, 3.8) is 0 Å². The van der Waals surface area contributed by atoms with Gasteiger partial charge >= 0.3 is 5.97 Å². The van der Waals surface area contributed by atoms with Crippen LogP contribution in [0.3, 0.4) is 0 Å². The summed E-state index contributed by atoms with van der Waals surface area (Å²) in [7, 11) is 0. The molecule has 0 radical (unpaired) electrons. The van der Waals surface area contributed by atoms with E-state index in [9.17, 15) is 9.59 Å². The largest absolute Gasteiger partial charge is 0.461 e. The Labute approximate surface area is 133 Å². The van der Waals surface area contributed by atoms with E-state index in [-0.39, 0.29) is 24.6 Å². The number of aromatic nitrogens is 2. The van der Waals surface area contributed by atoms with Gasteiger partial charge in [0.25, 0.3) is 5.56 Å². The first-order valence-electron chi connectivity index (χ1n) is 7.60. The highest BCUT2D eigenvalue weighted by molar-refractivity contribution is 5.69. The van der Waals surface area contributed by atoms with Gasteiger partial charge in [-0.3, -0.25) is 9.59 Å². The molecular formula is C17H18N2O4. The summed E-state index contributed by atoms with van der Waals surface area (Å²) in [6.45, 7) is 1.13. The number of carbonyl (C=O) groups is 1. The van der Waals surface area contributed by atoms with Gasteiger partial charge in [0.05, 0.1) is 30.9 Å². The zero-order valence-corrected chi connectivity index (χ0v) is 12.7. The van der Waals surface area contributed by atoms with Crippen LogP contribution in [0.15, 0.2) is 35.1 Å². The van der Waals surface area contributed by atoms with Gasteiger partial charge in [-0.1, -0.05) is 30.3 Å². The predicted octanol–water partition coefficient (Wildman–Crippen LogP) is 1.52. The predicted molar refractivity (Wildman–Crippen MR) is 82.8 cm³/mol. The summed E-state index contributed by atoms with van der Waals surface area (Å²) in [6, 6.07) is 9.51. The molecule has 120 valence electrons. The molecule has 6 nitrogen and oxygen atoms in total. The molecule has 0 fully saturated rings. The molecule has 0 atom stereocenters. The number of nitrogens with zero attached hydrogens (tertiary/aromatic N) is 1.